The Hall–Kier alpha value is -2.89. The van der Waals surface area contributed by atoms with Crippen LogP contribution in [0.15, 0.2) is 121 Å². The van der Waals surface area contributed by atoms with Gasteiger partial charge in [-0.2, -0.15) is 0 Å². The predicted octanol–water partition coefficient (Wildman–Crippen LogP) is 10.1. The molecule has 246 valence electrons. The highest BCUT2D eigenvalue weighted by Crippen LogP contribution is 2.65. The maximum absolute atomic E-state index is 7.54. The van der Waals surface area contributed by atoms with E-state index >= 15 is 0 Å². The van der Waals surface area contributed by atoms with E-state index in [1.807, 2.05) is 38.1 Å². The zero-order chi connectivity index (χ0) is 32.6. The van der Waals surface area contributed by atoms with Gasteiger partial charge in [-0.25, -0.2) is 0 Å². The van der Waals surface area contributed by atoms with Crippen molar-refractivity contribution in [1.82, 2.24) is 0 Å². The van der Waals surface area contributed by atoms with Crippen molar-refractivity contribution in [3.05, 3.63) is 144 Å². The summed E-state index contributed by atoms with van der Waals surface area (Å²) < 4.78 is 36.5. The largest absolute Gasteiger partial charge is 0.341 e. The summed E-state index contributed by atoms with van der Waals surface area (Å²) in [6, 6.07) is 41.7. The number of hydrogen-bond acceptors (Lipinski definition) is 5. The van der Waals surface area contributed by atoms with Crippen molar-refractivity contribution in [1.29, 1.82) is 0 Å². The Bertz CT molecular complexity index is 1410. The van der Waals surface area contributed by atoms with Gasteiger partial charge in [0.1, 0.15) is 12.2 Å². The van der Waals surface area contributed by atoms with Crippen LogP contribution in [0.1, 0.15) is 76.1 Å². The molecule has 2 saturated heterocycles. The smallest absolute Gasteiger partial charge is 0.335 e. The van der Waals surface area contributed by atoms with Gasteiger partial charge in [-0.15, -0.1) is 0 Å². The molecule has 0 spiro atoms. The van der Waals surface area contributed by atoms with E-state index in [0.29, 0.717) is 17.8 Å². The van der Waals surface area contributed by atoms with Crippen LogP contribution in [0.2, 0.25) is 0 Å². The van der Waals surface area contributed by atoms with Crippen LogP contribution in [0.3, 0.4) is 0 Å². The maximum atomic E-state index is 7.54. The molecule has 47 heavy (non-hydrogen) atoms. The Labute approximate surface area is 281 Å². The second-order valence-electron chi connectivity index (χ2n) is 14.3. The SMILES string of the molecule is CC(C)[C@H]1CC[C@H](C)[C@H](OP2OC(c3ccccc3)(c3ccccc3)[C@@H]3OC(C)(C)O[C@H]3C(c3ccccc3)(c3ccccc3)O2)C1. The Balaban J connectivity index is 1.49. The fourth-order valence-electron chi connectivity index (χ4n) is 7.87. The van der Waals surface area contributed by atoms with Gasteiger partial charge >= 0.3 is 8.60 Å². The van der Waals surface area contributed by atoms with E-state index in [4.69, 9.17) is 23.0 Å². The van der Waals surface area contributed by atoms with Crippen LogP contribution >= 0.6 is 8.60 Å². The third-order valence-corrected chi connectivity index (χ3v) is 11.8. The quantitative estimate of drug-likeness (QED) is 0.186. The number of ether oxygens (including phenoxy) is 2. The van der Waals surface area contributed by atoms with Crippen molar-refractivity contribution in [3.8, 4) is 0 Å². The van der Waals surface area contributed by atoms with E-state index in [2.05, 4.69) is 118 Å². The van der Waals surface area contributed by atoms with E-state index in [9.17, 15) is 0 Å². The van der Waals surface area contributed by atoms with E-state index < -0.39 is 37.8 Å². The molecule has 1 aliphatic carbocycles. The molecule has 3 fully saturated rings. The van der Waals surface area contributed by atoms with Crippen LogP contribution in [0, 0.1) is 17.8 Å². The van der Waals surface area contributed by atoms with Gasteiger partial charge in [0.05, 0.1) is 6.10 Å². The fourth-order valence-corrected chi connectivity index (χ4v) is 9.61. The lowest BCUT2D eigenvalue weighted by molar-refractivity contribution is -0.177. The van der Waals surface area contributed by atoms with Gasteiger partial charge in [0.15, 0.2) is 17.0 Å². The van der Waals surface area contributed by atoms with E-state index in [-0.39, 0.29) is 6.10 Å². The van der Waals surface area contributed by atoms with Gasteiger partial charge in [0.2, 0.25) is 0 Å². The third-order valence-electron chi connectivity index (χ3n) is 10.5. The molecule has 5 nitrogen and oxygen atoms in total. The molecule has 2 heterocycles. The topological polar surface area (TPSA) is 46.2 Å². The first-order valence-corrected chi connectivity index (χ1v) is 18.3. The Kier molecular flexibility index (Phi) is 9.17. The fraction of sp³-hybridized carbons (Fsp3) is 0.415. The van der Waals surface area contributed by atoms with Gasteiger partial charge in [-0.05, 0) is 73.1 Å². The normalized spacial score (nSPS) is 28.4. The molecule has 0 unspecified atom stereocenters. The number of rotatable bonds is 7. The molecule has 6 heteroatoms. The number of hydrogen-bond donors (Lipinski definition) is 0. The Morgan fingerprint density at radius 3 is 1.36 bits per heavy atom. The molecule has 5 atom stereocenters. The Morgan fingerprint density at radius 1 is 0.617 bits per heavy atom. The number of benzene rings is 4. The third kappa shape index (κ3) is 6.01. The van der Waals surface area contributed by atoms with E-state index in [1.54, 1.807) is 0 Å². The van der Waals surface area contributed by atoms with Crippen molar-refractivity contribution >= 4 is 8.60 Å². The highest BCUT2D eigenvalue weighted by atomic mass is 31.2. The van der Waals surface area contributed by atoms with Crippen LogP contribution in [-0.4, -0.2) is 24.1 Å². The predicted molar refractivity (Wildman–Crippen MR) is 186 cm³/mol. The Morgan fingerprint density at radius 2 is 1.00 bits per heavy atom. The molecule has 4 aromatic rings. The van der Waals surface area contributed by atoms with Crippen LogP contribution in [0.5, 0.6) is 0 Å². The summed E-state index contributed by atoms with van der Waals surface area (Å²) >= 11 is 0. The van der Waals surface area contributed by atoms with Crippen molar-refractivity contribution in [3.63, 3.8) is 0 Å². The van der Waals surface area contributed by atoms with Gasteiger partial charge in [-0.1, -0.05) is 142 Å². The van der Waals surface area contributed by atoms with Gasteiger partial charge in [0, 0.05) is 0 Å². The summed E-state index contributed by atoms with van der Waals surface area (Å²) in [6.45, 7) is 10.9. The molecule has 3 aliphatic rings. The van der Waals surface area contributed by atoms with E-state index in [1.165, 1.54) is 6.42 Å². The molecule has 1 saturated carbocycles. The first-order valence-electron chi connectivity index (χ1n) is 17.2. The minimum atomic E-state index is -1.97. The molecule has 2 aliphatic heterocycles. The molecular weight excluding hydrogens is 603 g/mol. The highest BCUT2D eigenvalue weighted by Gasteiger charge is 2.67. The lowest BCUT2D eigenvalue weighted by atomic mass is 9.72. The summed E-state index contributed by atoms with van der Waals surface area (Å²) in [5, 5.41) is 0. The molecule has 0 aromatic heterocycles. The first-order chi connectivity index (χ1) is 22.7. The summed E-state index contributed by atoms with van der Waals surface area (Å²) in [7, 11) is -1.97. The average molecular weight is 651 g/mol. The van der Waals surface area contributed by atoms with Gasteiger partial charge < -0.3 is 14.0 Å². The molecule has 7 rings (SSSR count). The van der Waals surface area contributed by atoms with Crippen LogP contribution in [0.25, 0.3) is 0 Å². The molecule has 0 bridgehead atoms. The first kappa shape index (κ1) is 32.6. The zero-order valence-electron chi connectivity index (χ0n) is 28.1. The minimum Gasteiger partial charge on any atom is -0.341 e. The lowest BCUT2D eigenvalue weighted by Gasteiger charge is -2.41. The van der Waals surface area contributed by atoms with Gasteiger partial charge in [0.25, 0.3) is 0 Å². The highest BCUT2D eigenvalue weighted by molar-refractivity contribution is 7.41. The monoisotopic (exact) mass is 650 g/mol. The van der Waals surface area contributed by atoms with Crippen LogP contribution < -0.4 is 0 Å². The summed E-state index contributed by atoms with van der Waals surface area (Å²) in [5.74, 6) is 0.626. The summed E-state index contributed by atoms with van der Waals surface area (Å²) in [5.41, 5.74) is 1.67. The lowest BCUT2D eigenvalue weighted by Crippen LogP contribution is -2.53. The van der Waals surface area contributed by atoms with E-state index in [0.717, 1.165) is 35.1 Å². The molecular formula is C41H47O5P. The maximum Gasteiger partial charge on any atom is 0.335 e. The second-order valence-corrected chi connectivity index (χ2v) is 15.3. The zero-order valence-corrected chi connectivity index (χ0v) is 29.0. The second kappa shape index (κ2) is 13.2. The van der Waals surface area contributed by atoms with Crippen molar-refractivity contribution in [2.24, 2.45) is 17.8 Å². The van der Waals surface area contributed by atoms with Crippen LogP contribution in [0.4, 0.5) is 0 Å². The molecule has 0 N–H and O–H groups in total. The summed E-state index contributed by atoms with van der Waals surface area (Å²) in [6.07, 6.45) is 2.09. The van der Waals surface area contributed by atoms with Crippen molar-refractivity contribution < 1.29 is 23.0 Å². The number of fused-ring (bicyclic) bond motifs is 1. The van der Waals surface area contributed by atoms with Crippen molar-refractivity contribution in [2.75, 3.05) is 0 Å². The standard InChI is InChI=1S/C41H47O5P/c1-29(2)31-27-26-30(3)36(28-31)44-47-45-40(32-18-10-6-11-19-32,33-20-12-7-13-21-33)37-38(43-39(4,5)42-37)41(46-47,34-22-14-8-15-23-34)35-24-16-9-17-25-35/h6-25,29-31,36-38H,26-28H2,1-5H3/t30-,31-,36+,37+,38+/m0/s1. The summed E-state index contributed by atoms with van der Waals surface area (Å²) in [4.78, 5) is 0. The molecule has 0 radical (unpaired) electrons. The molecule has 0 amide bonds. The van der Waals surface area contributed by atoms with Crippen LogP contribution in [-0.2, 0) is 34.2 Å². The van der Waals surface area contributed by atoms with Gasteiger partial charge in [-0.3, -0.25) is 9.05 Å². The molecule has 4 aromatic carbocycles. The minimum absolute atomic E-state index is 0.00743. The average Bonchev–Trinajstić information content (AvgIpc) is 3.38. The van der Waals surface area contributed by atoms with Crippen molar-refractivity contribution in [2.45, 2.75) is 89.2 Å².